The number of hydrogen-bond donors (Lipinski definition) is 1. The summed E-state index contributed by atoms with van der Waals surface area (Å²) in [5, 5.41) is 7.15. The van der Waals surface area contributed by atoms with E-state index in [0.717, 1.165) is 24.2 Å². The number of aromatic nitrogens is 3. The van der Waals surface area contributed by atoms with Crippen LogP contribution in [0.5, 0.6) is 0 Å². The molecule has 0 radical (unpaired) electrons. The van der Waals surface area contributed by atoms with Gasteiger partial charge in [-0.05, 0) is 31.0 Å². The van der Waals surface area contributed by atoms with Gasteiger partial charge in [-0.2, -0.15) is 5.10 Å². The van der Waals surface area contributed by atoms with Crippen LogP contribution in [-0.2, 0) is 22.7 Å². The van der Waals surface area contributed by atoms with E-state index in [0.29, 0.717) is 19.6 Å². The fourth-order valence-corrected chi connectivity index (χ4v) is 2.97. The van der Waals surface area contributed by atoms with Crippen molar-refractivity contribution in [2.24, 2.45) is 5.92 Å². The highest BCUT2D eigenvalue weighted by atomic mass is 16.2. The van der Waals surface area contributed by atoms with Gasteiger partial charge < -0.3 is 10.2 Å². The molecule has 1 atom stereocenters. The predicted molar refractivity (Wildman–Crippen MR) is 92.4 cm³/mol. The highest BCUT2D eigenvalue weighted by molar-refractivity contribution is 5.89. The molecule has 0 aliphatic carbocycles. The first kappa shape index (κ1) is 17.1. The smallest absolute Gasteiger partial charge is 0.225 e. The Morgan fingerprint density at radius 3 is 3.00 bits per heavy atom. The summed E-state index contributed by atoms with van der Waals surface area (Å²) >= 11 is 0. The topological polar surface area (TPSA) is 80.1 Å². The number of carbonyl (C=O) groups is 2. The van der Waals surface area contributed by atoms with Crippen LogP contribution in [0.1, 0.15) is 24.1 Å². The summed E-state index contributed by atoms with van der Waals surface area (Å²) in [5.74, 6) is -0.311. The molecule has 1 saturated heterocycles. The molecular formula is C18H23N5O2. The summed E-state index contributed by atoms with van der Waals surface area (Å²) in [4.78, 5) is 30.3. The number of nitrogens with one attached hydrogen (secondary N) is 1. The molecule has 7 nitrogen and oxygen atoms in total. The highest BCUT2D eigenvalue weighted by Gasteiger charge is 2.34. The average Bonchev–Trinajstić information content (AvgIpc) is 3.18. The quantitative estimate of drug-likeness (QED) is 0.766. The Bertz CT molecular complexity index is 728. The van der Waals surface area contributed by atoms with Crippen LogP contribution < -0.4 is 5.32 Å². The van der Waals surface area contributed by atoms with Gasteiger partial charge in [-0.15, -0.1) is 0 Å². The van der Waals surface area contributed by atoms with E-state index in [1.165, 1.54) is 0 Å². The van der Waals surface area contributed by atoms with Crippen molar-refractivity contribution in [1.29, 1.82) is 0 Å². The van der Waals surface area contributed by atoms with Gasteiger partial charge in [0.1, 0.15) is 0 Å². The van der Waals surface area contributed by atoms with Crippen molar-refractivity contribution in [3.05, 3.63) is 48.0 Å². The van der Waals surface area contributed by atoms with Gasteiger partial charge in [0.2, 0.25) is 11.8 Å². The van der Waals surface area contributed by atoms with Crippen molar-refractivity contribution in [2.45, 2.75) is 32.9 Å². The van der Waals surface area contributed by atoms with Crippen molar-refractivity contribution in [1.82, 2.24) is 25.0 Å². The van der Waals surface area contributed by atoms with Crippen molar-refractivity contribution in [3.63, 3.8) is 0 Å². The Hall–Kier alpha value is -2.70. The van der Waals surface area contributed by atoms with E-state index < -0.39 is 0 Å². The zero-order valence-electron chi connectivity index (χ0n) is 14.4. The molecule has 0 aromatic carbocycles. The summed E-state index contributed by atoms with van der Waals surface area (Å²) in [6.07, 6.45) is 6.59. The van der Waals surface area contributed by atoms with E-state index in [2.05, 4.69) is 15.4 Å². The second-order valence-electron chi connectivity index (χ2n) is 6.42. The van der Waals surface area contributed by atoms with Gasteiger partial charge in [0, 0.05) is 38.4 Å². The zero-order chi connectivity index (χ0) is 17.6. The van der Waals surface area contributed by atoms with E-state index in [1.54, 1.807) is 11.1 Å². The number of rotatable bonds is 7. The van der Waals surface area contributed by atoms with Crippen LogP contribution in [-0.4, -0.2) is 44.6 Å². The first-order chi connectivity index (χ1) is 12.1. The van der Waals surface area contributed by atoms with E-state index >= 15 is 0 Å². The van der Waals surface area contributed by atoms with E-state index in [-0.39, 0.29) is 24.2 Å². The Balaban J connectivity index is 1.41. The van der Waals surface area contributed by atoms with Crippen LogP contribution in [0.3, 0.4) is 0 Å². The number of aryl methyl sites for hydroxylation is 2. The van der Waals surface area contributed by atoms with Crippen LogP contribution in [0.4, 0.5) is 0 Å². The monoisotopic (exact) mass is 341 g/mol. The number of nitrogens with zero attached hydrogens (tertiary/aromatic N) is 4. The minimum atomic E-state index is -0.275. The molecule has 2 amide bonds. The number of pyridine rings is 1. The number of amides is 2. The average molecular weight is 341 g/mol. The van der Waals surface area contributed by atoms with Gasteiger partial charge in [0.05, 0.1) is 24.4 Å². The summed E-state index contributed by atoms with van der Waals surface area (Å²) in [6, 6.07) is 5.63. The third-order valence-corrected chi connectivity index (χ3v) is 4.29. The van der Waals surface area contributed by atoms with Crippen LogP contribution >= 0.6 is 0 Å². The maximum atomic E-state index is 12.3. The molecule has 1 aliphatic heterocycles. The zero-order valence-corrected chi connectivity index (χ0v) is 14.4. The maximum absolute atomic E-state index is 12.3. The van der Waals surface area contributed by atoms with E-state index in [9.17, 15) is 9.59 Å². The molecule has 0 bridgehead atoms. The SMILES string of the molecule is Cc1cnn(CCCNC(=O)C2CC(=O)N(Cc3ccccn3)C2)c1. The third-order valence-electron chi connectivity index (χ3n) is 4.29. The first-order valence-electron chi connectivity index (χ1n) is 8.56. The van der Waals surface area contributed by atoms with E-state index in [4.69, 9.17) is 0 Å². The number of hydrogen-bond acceptors (Lipinski definition) is 4. The van der Waals surface area contributed by atoms with Crippen molar-refractivity contribution >= 4 is 11.8 Å². The van der Waals surface area contributed by atoms with Crippen LogP contribution in [0, 0.1) is 12.8 Å². The normalized spacial score (nSPS) is 17.1. The molecule has 1 unspecified atom stereocenters. The van der Waals surface area contributed by atoms with Crippen LogP contribution in [0.2, 0.25) is 0 Å². The Kier molecular flexibility index (Phi) is 5.42. The lowest BCUT2D eigenvalue weighted by Crippen LogP contribution is -2.33. The van der Waals surface area contributed by atoms with Gasteiger partial charge in [-0.25, -0.2) is 0 Å². The molecule has 3 heterocycles. The lowest BCUT2D eigenvalue weighted by Gasteiger charge is -2.16. The molecule has 25 heavy (non-hydrogen) atoms. The fourth-order valence-electron chi connectivity index (χ4n) is 2.97. The Morgan fingerprint density at radius 2 is 2.28 bits per heavy atom. The molecule has 2 aromatic rings. The predicted octanol–water partition coefficient (Wildman–Crippen LogP) is 1.14. The summed E-state index contributed by atoms with van der Waals surface area (Å²) in [5.41, 5.74) is 1.97. The van der Waals surface area contributed by atoms with Crippen molar-refractivity contribution in [3.8, 4) is 0 Å². The van der Waals surface area contributed by atoms with Gasteiger partial charge in [-0.3, -0.25) is 19.3 Å². The highest BCUT2D eigenvalue weighted by Crippen LogP contribution is 2.19. The standard InChI is InChI=1S/C18H23N5O2/c1-14-10-21-23(11-14)8-4-7-20-18(25)15-9-17(24)22(12-15)13-16-5-2-3-6-19-16/h2-3,5-6,10-11,15H,4,7-9,12-13H2,1H3,(H,20,25). The van der Waals surface area contributed by atoms with Crippen molar-refractivity contribution < 1.29 is 9.59 Å². The summed E-state index contributed by atoms with van der Waals surface area (Å²) < 4.78 is 1.87. The summed E-state index contributed by atoms with van der Waals surface area (Å²) in [6.45, 7) is 4.27. The molecule has 1 fully saturated rings. The molecular weight excluding hydrogens is 318 g/mol. The van der Waals surface area contributed by atoms with E-state index in [1.807, 2.05) is 42.2 Å². The molecule has 0 spiro atoms. The minimum absolute atomic E-state index is 0.0119. The molecule has 1 aliphatic rings. The number of carbonyl (C=O) groups excluding carboxylic acids is 2. The molecule has 2 aromatic heterocycles. The van der Waals surface area contributed by atoms with Gasteiger partial charge >= 0.3 is 0 Å². The molecule has 7 heteroatoms. The number of likely N-dealkylation sites (tertiary alicyclic amines) is 1. The minimum Gasteiger partial charge on any atom is -0.356 e. The molecule has 132 valence electrons. The molecule has 0 saturated carbocycles. The lowest BCUT2D eigenvalue weighted by molar-refractivity contribution is -0.129. The molecule has 1 N–H and O–H groups in total. The molecule has 3 rings (SSSR count). The third kappa shape index (κ3) is 4.65. The largest absolute Gasteiger partial charge is 0.356 e. The Morgan fingerprint density at radius 1 is 1.40 bits per heavy atom. The van der Waals surface area contributed by atoms with Crippen LogP contribution in [0.15, 0.2) is 36.8 Å². The lowest BCUT2D eigenvalue weighted by atomic mass is 10.1. The summed E-state index contributed by atoms with van der Waals surface area (Å²) in [7, 11) is 0. The van der Waals surface area contributed by atoms with Crippen LogP contribution in [0.25, 0.3) is 0 Å². The fraction of sp³-hybridized carbons (Fsp3) is 0.444. The first-order valence-corrected chi connectivity index (χ1v) is 8.56. The van der Waals surface area contributed by atoms with Crippen molar-refractivity contribution in [2.75, 3.05) is 13.1 Å². The van der Waals surface area contributed by atoms with Gasteiger partial charge in [0.15, 0.2) is 0 Å². The van der Waals surface area contributed by atoms with Gasteiger partial charge in [0.25, 0.3) is 0 Å². The second kappa shape index (κ2) is 7.92. The maximum Gasteiger partial charge on any atom is 0.225 e. The van der Waals surface area contributed by atoms with Gasteiger partial charge in [-0.1, -0.05) is 6.07 Å². The second-order valence-corrected chi connectivity index (χ2v) is 6.42. The Labute approximate surface area is 147 Å².